The van der Waals surface area contributed by atoms with Gasteiger partial charge in [-0.05, 0) is 22.0 Å². The quantitative estimate of drug-likeness (QED) is 0.799. The maximum absolute atomic E-state index is 5.60. The number of aromatic amines is 1. The van der Waals surface area contributed by atoms with Crippen molar-refractivity contribution in [1.29, 1.82) is 0 Å². The smallest absolute Gasteiger partial charge is 0.140 e. The second-order valence-corrected chi connectivity index (χ2v) is 4.21. The van der Waals surface area contributed by atoms with Crippen LogP contribution in [-0.2, 0) is 6.42 Å². The summed E-state index contributed by atoms with van der Waals surface area (Å²) in [7, 11) is 0. The Bertz CT molecular complexity index is 454. The van der Waals surface area contributed by atoms with Crippen LogP contribution in [0.5, 0.6) is 0 Å². The number of H-pyrrole nitrogens is 1. The molecule has 0 spiro atoms. The highest BCUT2D eigenvalue weighted by atomic mass is 79.9. The van der Waals surface area contributed by atoms with Crippen molar-refractivity contribution >= 4 is 27.4 Å². The Morgan fingerprint density at radius 2 is 2.31 bits per heavy atom. The van der Waals surface area contributed by atoms with Crippen molar-refractivity contribution in [1.82, 2.24) is 15.0 Å². The topological polar surface area (TPSA) is 79.6 Å². The van der Waals surface area contributed by atoms with E-state index in [4.69, 9.17) is 5.73 Å². The second kappa shape index (κ2) is 4.98. The summed E-state index contributed by atoms with van der Waals surface area (Å²) in [6, 6.07) is 1.82. The molecule has 0 aliphatic heterocycles. The van der Waals surface area contributed by atoms with Gasteiger partial charge in [-0.15, -0.1) is 0 Å². The zero-order valence-electron chi connectivity index (χ0n) is 8.57. The summed E-state index contributed by atoms with van der Waals surface area (Å²) in [4.78, 5) is 11.2. The van der Waals surface area contributed by atoms with Crippen LogP contribution in [0.15, 0.2) is 29.3 Å². The van der Waals surface area contributed by atoms with Crippen LogP contribution in [-0.4, -0.2) is 21.5 Å². The lowest BCUT2D eigenvalue weighted by atomic mass is 10.3. The van der Waals surface area contributed by atoms with Gasteiger partial charge >= 0.3 is 0 Å². The summed E-state index contributed by atoms with van der Waals surface area (Å²) >= 11 is 3.40. The fourth-order valence-electron chi connectivity index (χ4n) is 1.32. The number of nitrogens with zero attached hydrogens (tertiary/aromatic N) is 2. The highest BCUT2D eigenvalue weighted by molar-refractivity contribution is 9.10. The first-order valence-corrected chi connectivity index (χ1v) is 5.67. The molecule has 0 aliphatic rings. The number of nitrogen functional groups attached to an aromatic ring is 1. The highest BCUT2D eigenvalue weighted by Crippen LogP contribution is 2.21. The summed E-state index contributed by atoms with van der Waals surface area (Å²) < 4.78 is 0.872. The fourth-order valence-corrected chi connectivity index (χ4v) is 1.83. The van der Waals surface area contributed by atoms with Gasteiger partial charge < -0.3 is 16.0 Å². The van der Waals surface area contributed by atoms with Gasteiger partial charge in [-0.1, -0.05) is 0 Å². The van der Waals surface area contributed by atoms with E-state index in [1.807, 2.05) is 12.3 Å². The summed E-state index contributed by atoms with van der Waals surface area (Å²) in [5.74, 6) is 0.800. The predicted octanol–water partition coefficient (Wildman–Crippen LogP) is 1.80. The molecule has 2 heterocycles. The Morgan fingerprint density at radius 1 is 1.44 bits per heavy atom. The first-order valence-electron chi connectivity index (χ1n) is 4.88. The number of anilines is 2. The number of hydrogen-bond acceptors (Lipinski definition) is 4. The van der Waals surface area contributed by atoms with Crippen LogP contribution in [0, 0.1) is 0 Å². The minimum absolute atomic E-state index is 0.644. The number of nitrogens with two attached hydrogens (primary N) is 1. The number of imidazole rings is 1. The lowest BCUT2D eigenvalue weighted by Crippen LogP contribution is -2.07. The molecule has 16 heavy (non-hydrogen) atoms. The first kappa shape index (κ1) is 10.9. The molecule has 0 saturated heterocycles. The molecule has 0 atom stereocenters. The van der Waals surface area contributed by atoms with Crippen molar-refractivity contribution in [2.24, 2.45) is 0 Å². The van der Waals surface area contributed by atoms with Crippen LogP contribution in [0.2, 0.25) is 0 Å². The van der Waals surface area contributed by atoms with E-state index in [9.17, 15) is 0 Å². The Morgan fingerprint density at radius 3 is 3.00 bits per heavy atom. The number of halogens is 1. The minimum atomic E-state index is 0.644. The van der Waals surface area contributed by atoms with E-state index in [1.165, 1.54) is 0 Å². The molecule has 0 unspecified atom stereocenters. The Labute approximate surface area is 102 Å². The molecule has 2 aromatic rings. The van der Waals surface area contributed by atoms with Gasteiger partial charge in [0.1, 0.15) is 5.82 Å². The van der Waals surface area contributed by atoms with Gasteiger partial charge in [-0.25, -0.2) is 9.97 Å². The van der Waals surface area contributed by atoms with E-state index in [0.717, 1.165) is 29.0 Å². The van der Waals surface area contributed by atoms with E-state index < -0.39 is 0 Å². The average Bonchev–Trinajstić information content (AvgIpc) is 2.74. The molecule has 2 rings (SSSR count). The van der Waals surface area contributed by atoms with Gasteiger partial charge in [-0.3, -0.25) is 0 Å². The molecular weight excluding hydrogens is 270 g/mol. The fraction of sp³-hybridized carbons (Fsp3) is 0.200. The number of rotatable bonds is 4. The molecule has 0 radical (unpaired) electrons. The molecule has 0 aromatic carbocycles. The molecular formula is C10H12BrN5. The molecule has 84 valence electrons. The molecule has 0 amide bonds. The van der Waals surface area contributed by atoms with Crippen molar-refractivity contribution in [3.63, 3.8) is 0 Å². The maximum atomic E-state index is 5.60. The molecule has 5 nitrogen and oxygen atoms in total. The van der Waals surface area contributed by atoms with Gasteiger partial charge in [0.2, 0.25) is 0 Å². The summed E-state index contributed by atoms with van der Waals surface area (Å²) in [6.07, 6.45) is 5.99. The second-order valence-electron chi connectivity index (χ2n) is 3.35. The van der Waals surface area contributed by atoms with E-state index in [1.54, 1.807) is 12.5 Å². The summed E-state index contributed by atoms with van der Waals surface area (Å²) in [5, 5.41) is 3.22. The largest absolute Gasteiger partial charge is 0.397 e. The molecule has 6 heteroatoms. The number of pyridine rings is 1. The molecule has 0 bridgehead atoms. The minimum Gasteiger partial charge on any atom is -0.397 e. The molecule has 0 aliphatic carbocycles. The van der Waals surface area contributed by atoms with Gasteiger partial charge in [0.25, 0.3) is 0 Å². The molecule has 0 fully saturated rings. The highest BCUT2D eigenvalue weighted by Gasteiger charge is 2.01. The summed E-state index contributed by atoms with van der Waals surface area (Å²) in [5.41, 5.74) is 7.34. The molecule has 0 saturated carbocycles. The Hall–Kier alpha value is -1.56. The van der Waals surface area contributed by atoms with Crippen LogP contribution in [0.25, 0.3) is 0 Å². The van der Waals surface area contributed by atoms with Crippen LogP contribution in [0.1, 0.15) is 5.69 Å². The zero-order chi connectivity index (χ0) is 11.4. The lowest BCUT2D eigenvalue weighted by molar-refractivity contribution is 0.966. The van der Waals surface area contributed by atoms with E-state index >= 15 is 0 Å². The van der Waals surface area contributed by atoms with Crippen LogP contribution in [0.4, 0.5) is 11.5 Å². The Balaban J connectivity index is 1.90. The molecule has 2 aromatic heterocycles. The SMILES string of the molecule is Nc1cnc(NCCc2cnc[nH]2)c(Br)c1. The van der Waals surface area contributed by atoms with Gasteiger partial charge in [0.05, 0.1) is 22.7 Å². The van der Waals surface area contributed by atoms with E-state index in [2.05, 4.69) is 36.2 Å². The third-order valence-corrected chi connectivity index (χ3v) is 2.71. The molecule has 4 N–H and O–H groups in total. The average molecular weight is 282 g/mol. The van der Waals surface area contributed by atoms with E-state index in [-0.39, 0.29) is 0 Å². The third kappa shape index (κ3) is 2.73. The lowest BCUT2D eigenvalue weighted by Gasteiger charge is -2.06. The van der Waals surface area contributed by atoms with Crippen molar-refractivity contribution in [3.05, 3.63) is 35.0 Å². The third-order valence-electron chi connectivity index (χ3n) is 2.10. The van der Waals surface area contributed by atoms with Crippen LogP contribution < -0.4 is 11.1 Å². The Kier molecular flexibility index (Phi) is 3.40. The number of aromatic nitrogens is 3. The number of nitrogens with one attached hydrogen (secondary N) is 2. The van der Waals surface area contributed by atoms with Gasteiger partial charge in [0.15, 0.2) is 0 Å². The standard InChI is InChI=1S/C10H12BrN5/c11-9-3-7(12)4-15-10(9)14-2-1-8-5-13-6-16-8/h3-6H,1-2,12H2,(H,13,16)(H,14,15). The van der Waals surface area contributed by atoms with Crippen LogP contribution in [0.3, 0.4) is 0 Å². The van der Waals surface area contributed by atoms with Gasteiger partial charge in [-0.2, -0.15) is 0 Å². The van der Waals surface area contributed by atoms with Crippen molar-refractivity contribution in [2.75, 3.05) is 17.6 Å². The van der Waals surface area contributed by atoms with Crippen molar-refractivity contribution < 1.29 is 0 Å². The van der Waals surface area contributed by atoms with Crippen LogP contribution >= 0.6 is 15.9 Å². The summed E-state index contributed by atoms with van der Waals surface area (Å²) in [6.45, 7) is 0.789. The predicted molar refractivity (Wildman–Crippen MR) is 67.1 cm³/mol. The number of hydrogen-bond donors (Lipinski definition) is 3. The zero-order valence-corrected chi connectivity index (χ0v) is 10.2. The van der Waals surface area contributed by atoms with Crippen molar-refractivity contribution in [3.8, 4) is 0 Å². The normalized spacial score (nSPS) is 10.3. The maximum Gasteiger partial charge on any atom is 0.140 e. The monoisotopic (exact) mass is 281 g/mol. The first-order chi connectivity index (χ1) is 7.75. The van der Waals surface area contributed by atoms with Crippen molar-refractivity contribution in [2.45, 2.75) is 6.42 Å². The van der Waals surface area contributed by atoms with Gasteiger partial charge in [0, 0.05) is 24.9 Å². The van der Waals surface area contributed by atoms with E-state index in [0.29, 0.717) is 5.69 Å².